The third kappa shape index (κ3) is 7.74. The molecule has 7 nitrogen and oxygen atoms in total. The molecule has 0 rings (SSSR count). The molecule has 0 bridgehead atoms. The van der Waals surface area contributed by atoms with Crippen molar-refractivity contribution in [3.8, 4) is 0 Å². The lowest BCUT2D eigenvalue weighted by Crippen LogP contribution is -2.40. The molecule has 0 aliphatic heterocycles. The molecular weight excluding hydrogens is 216 g/mol. The highest BCUT2D eigenvalue weighted by molar-refractivity contribution is 5.83. The zero-order valence-corrected chi connectivity index (χ0v) is 9.28. The van der Waals surface area contributed by atoms with Crippen LogP contribution in [0.4, 0.5) is 0 Å². The van der Waals surface area contributed by atoms with E-state index in [0.717, 1.165) is 0 Å². The van der Waals surface area contributed by atoms with Crippen LogP contribution in [0.5, 0.6) is 0 Å². The number of rotatable bonds is 7. The van der Waals surface area contributed by atoms with Crippen molar-refractivity contribution in [2.45, 2.75) is 19.4 Å². The monoisotopic (exact) mass is 232 g/mol. The highest BCUT2D eigenvalue weighted by Gasteiger charge is 2.13. The molecule has 0 aromatic heterocycles. The van der Waals surface area contributed by atoms with Crippen LogP contribution >= 0.6 is 0 Å². The van der Waals surface area contributed by atoms with Crippen molar-refractivity contribution in [1.29, 1.82) is 0 Å². The second-order valence-electron chi connectivity index (χ2n) is 3.17. The zero-order chi connectivity index (χ0) is 12.6. The Morgan fingerprint density at radius 3 is 2.38 bits per heavy atom. The largest absolute Gasteiger partial charge is 0.481 e. The van der Waals surface area contributed by atoms with Crippen molar-refractivity contribution in [2.24, 2.45) is 0 Å². The Labute approximate surface area is 93.2 Å². The predicted octanol–water partition coefficient (Wildman–Crippen LogP) is -1.27. The van der Waals surface area contributed by atoms with E-state index in [1.807, 2.05) is 0 Å². The number of ether oxygens (including phenoxy) is 1. The van der Waals surface area contributed by atoms with Crippen molar-refractivity contribution in [1.82, 2.24) is 10.6 Å². The zero-order valence-electron chi connectivity index (χ0n) is 9.28. The van der Waals surface area contributed by atoms with Gasteiger partial charge < -0.3 is 20.5 Å². The van der Waals surface area contributed by atoms with Crippen molar-refractivity contribution in [2.75, 3.05) is 20.2 Å². The first-order chi connectivity index (χ1) is 7.45. The number of carbonyl (C=O) groups is 3. The smallest absolute Gasteiger partial charge is 0.306 e. The average molecular weight is 232 g/mol. The predicted molar refractivity (Wildman–Crippen MR) is 54.7 cm³/mol. The quantitative estimate of drug-likeness (QED) is 0.507. The summed E-state index contributed by atoms with van der Waals surface area (Å²) in [7, 11) is 1.37. The second-order valence-corrected chi connectivity index (χ2v) is 3.17. The van der Waals surface area contributed by atoms with Crippen LogP contribution in [0.3, 0.4) is 0 Å². The van der Waals surface area contributed by atoms with Gasteiger partial charge in [0.25, 0.3) is 0 Å². The first-order valence-corrected chi connectivity index (χ1v) is 4.71. The third-order valence-corrected chi connectivity index (χ3v) is 1.76. The maximum Gasteiger partial charge on any atom is 0.306 e. The number of carboxylic acids is 1. The molecule has 0 aromatic carbocycles. The van der Waals surface area contributed by atoms with Gasteiger partial charge >= 0.3 is 5.97 Å². The molecule has 3 N–H and O–H groups in total. The van der Waals surface area contributed by atoms with Crippen LogP contribution in [-0.4, -0.2) is 49.2 Å². The maximum absolute atomic E-state index is 11.1. The summed E-state index contributed by atoms with van der Waals surface area (Å²) in [6, 6.07) is 0. The van der Waals surface area contributed by atoms with Gasteiger partial charge in [0.1, 0.15) is 0 Å². The van der Waals surface area contributed by atoms with Crippen molar-refractivity contribution < 1.29 is 24.2 Å². The van der Waals surface area contributed by atoms with E-state index < -0.39 is 12.1 Å². The molecule has 16 heavy (non-hydrogen) atoms. The summed E-state index contributed by atoms with van der Waals surface area (Å²) in [5, 5.41) is 13.3. The molecule has 0 saturated heterocycles. The van der Waals surface area contributed by atoms with Crippen LogP contribution in [0.1, 0.15) is 13.3 Å². The van der Waals surface area contributed by atoms with E-state index in [1.165, 1.54) is 14.0 Å². The molecule has 0 radical (unpaired) electrons. The Hall–Kier alpha value is -1.63. The number of methoxy groups -OCH3 is 1. The highest BCUT2D eigenvalue weighted by Crippen LogP contribution is 1.94. The molecule has 1 atom stereocenters. The minimum absolute atomic E-state index is 0.0984. The summed E-state index contributed by atoms with van der Waals surface area (Å²) < 4.78 is 4.85. The summed E-state index contributed by atoms with van der Waals surface area (Å²) in [6.07, 6.45) is -0.754. The van der Waals surface area contributed by atoms with Crippen LogP contribution in [0.25, 0.3) is 0 Å². The lowest BCUT2D eigenvalue weighted by Gasteiger charge is -2.13. The second kappa shape index (κ2) is 7.63. The van der Waals surface area contributed by atoms with Gasteiger partial charge in [-0.25, -0.2) is 0 Å². The Morgan fingerprint density at radius 1 is 1.31 bits per heavy atom. The van der Waals surface area contributed by atoms with Gasteiger partial charge in [0.15, 0.2) is 0 Å². The Kier molecular flexibility index (Phi) is 6.86. The van der Waals surface area contributed by atoms with Crippen LogP contribution < -0.4 is 10.6 Å². The molecule has 0 spiro atoms. The van der Waals surface area contributed by atoms with E-state index in [4.69, 9.17) is 9.84 Å². The van der Waals surface area contributed by atoms with Crippen molar-refractivity contribution in [3.63, 3.8) is 0 Å². The number of hydrogen-bond donors (Lipinski definition) is 3. The van der Waals surface area contributed by atoms with Gasteiger partial charge in [-0.15, -0.1) is 0 Å². The maximum atomic E-state index is 11.1. The molecule has 0 aromatic rings. The molecule has 1 unspecified atom stereocenters. The van der Waals surface area contributed by atoms with Gasteiger partial charge in [0.05, 0.1) is 19.1 Å². The van der Waals surface area contributed by atoms with E-state index in [9.17, 15) is 14.4 Å². The lowest BCUT2D eigenvalue weighted by molar-refractivity contribution is -0.140. The molecule has 0 heterocycles. The third-order valence-electron chi connectivity index (χ3n) is 1.76. The topological polar surface area (TPSA) is 105 Å². The van der Waals surface area contributed by atoms with Crippen LogP contribution in [0, 0.1) is 0 Å². The molecule has 0 aliphatic carbocycles. The highest BCUT2D eigenvalue weighted by atomic mass is 16.5. The fourth-order valence-corrected chi connectivity index (χ4v) is 0.929. The number of amides is 2. The molecular formula is C9H16N2O5. The van der Waals surface area contributed by atoms with Gasteiger partial charge in [-0.05, 0) is 0 Å². The summed E-state index contributed by atoms with van der Waals surface area (Å²) in [4.78, 5) is 32.0. The van der Waals surface area contributed by atoms with E-state index in [2.05, 4.69) is 10.6 Å². The minimum Gasteiger partial charge on any atom is -0.481 e. The number of hydrogen-bond acceptors (Lipinski definition) is 4. The lowest BCUT2D eigenvalue weighted by atomic mass is 10.2. The summed E-state index contributed by atoms with van der Waals surface area (Å²) >= 11 is 0. The van der Waals surface area contributed by atoms with Gasteiger partial charge in [-0.2, -0.15) is 0 Å². The van der Waals surface area contributed by atoms with Gasteiger partial charge in [0, 0.05) is 20.6 Å². The van der Waals surface area contributed by atoms with E-state index in [-0.39, 0.29) is 31.3 Å². The number of carboxylic acid groups (broad SMARTS) is 1. The average Bonchev–Trinajstić information content (AvgIpc) is 2.20. The van der Waals surface area contributed by atoms with E-state index >= 15 is 0 Å². The normalized spacial score (nSPS) is 11.6. The summed E-state index contributed by atoms with van der Waals surface area (Å²) in [5.74, 6) is -1.69. The van der Waals surface area contributed by atoms with Crippen molar-refractivity contribution in [3.05, 3.63) is 0 Å². The van der Waals surface area contributed by atoms with E-state index in [0.29, 0.717) is 0 Å². The molecule has 7 heteroatoms. The van der Waals surface area contributed by atoms with E-state index in [1.54, 1.807) is 0 Å². The summed E-state index contributed by atoms with van der Waals surface area (Å²) in [6.45, 7) is 1.27. The van der Waals surface area contributed by atoms with Gasteiger partial charge in [0.2, 0.25) is 11.8 Å². The van der Waals surface area contributed by atoms with Crippen LogP contribution in [-0.2, 0) is 19.1 Å². The standard InChI is InChI=1S/C9H16N2O5/c1-6(12)10-5-8(13)11-4-7(16-2)3-9(14)15/h7H,3-5H2,1-2H3,(H,10,12)(H,11,13)(H,14,15). The Bertz CT molecular complexity index is 267. The Morgan fingerprint density at radius 2 is 1.94 bits per heavy atom. The molecule has 0 saturated carbocycles. The van der Waals surface area contributed by atoms with Gasteiger partial charge in [-0.3, -0.25) is 14.4 Å². The molecule has 0 aliphatic rings. The first-order valence-electron chi connectivity index (χ1n) is 4.71. The minimum atomic E-state index is -0.997. The summed E-state index contributed by atoms with van der Waals surface area (Å²) in [5.41, 5.74) is 0. The first kappa shape index (κ1) is 14.4. The van der Waals surface area contributed by atoms with Crippen LogP contribution in [0.2, 0.25) is 0 Å². The number of carbonyl (C=O) groups excluding carboxylic acids is 2. The fourth-order valence-electron chi connectivity index (χ4n) is 0.929. The molecule has 0 fully saturated rings. The van der Waals surface area contributed by atoms with Gasteiger partial charge in [-0.1, -0.05) is 0 Å². The number of aliphatic carboxylic acids is 1. The SMILES string of the molecule is COC(CNC(=O)CNC(C)=O)CC(=O)O. The number of nitrogens with one attached hydrogen (secondary N) is 2. The fraction of sp³-hybridized carbons (Fsp3) is 0.667. The molecule has 2 amide bonds. The molecule has 92 valence electrons. The van der Waals surface area contributed by atoms with Crippen LogP contribution in [0.15, 0.2) is 0 Å². The van der Waals surface area contributed by atoms with Crippen molar-refractivity contribution >= 4 is 17.8 Å². The Balaban J connectivity index is 3.79.